The van der Waals surface area contributed by atoms with Gasteiger partial charge in [0.15, 0.2) is 0 Å². The van der Waals surface area contributed by atoms with Gasteiger partial charge in [0, 0.05) is 12.1 Å². The number of hydrogen-bond donors (Lipinski definition) is 1. The van der Waals surface area contributed by atoms with Gasteiger partial charge in [-0.2, -0.15) is 13.2 Å². The predicted octanol–water partition coefficient (Wildman–Crippen LogP) is 3.34. The van der Waals surface area contributed by atoms with Crippen LogP contribution in [0.3, 0.4) is 0 Å². The van der Waals surface area contributed by atoms with Crippen LogP contribution in [0.4, 0.5) is 18.9 Å². The Balaban J connectivity index is 0.00000137. The summed E-state index contributed by atoms with van der Waals surface area (Å²) in [5.74, 6) is -1.66. The molecule has 0 saturated carbocycles. The molecule has 100 valence electrons. The standard InChI is InChI=1S/C8H4F3NO4.C2H6/c9-8(10,11)5-1-4(7(13)14)2-6(3-5)12(15)16;1-2/h1-3H,(H,13,14);1-2H3. The molecule has 0 heterocycles. The average Bonchev–Trinajstić information content (AvgIpc) is 2.29. The molecule has 0 spiro atoms. The summed E-state index contributed by atoms with van der Waals surface area (Å²) in [6.45, 7) is 4.00. The molecule has 5 nitrogen and oxygen atoms in total. The normalized spacial score (nSPS) is 10.3. The second kappa shape index (κ2) is 5.99. The highest BCUT2D eigenvalue weighted by atomic mass is 19.4. The zero-order valence-corrected chi connectivity index (χ0v) is 9.49. The molecule has 0 bridgehead atoms. The van der Waals surface area contributed by atoms with Crippen LogP contribution >= 0.6 is 0 Å². The number of nitrogens with zero attached hydrogens (tertiary/aromatic N) is 1. The number of aromatic carboxylic acids is 1. The number of halogens is 3. The monoisotopic (exact) mass is 265 g/mol. The van der Waals surface area contributed by atoms with Crippen molar-refractivity contribution in [3.8, 4) is 0 Å². The molecule has 1 rings (SSSR count). The molecule has 8 heteroatoms. The highest BCUT2D eigenvalue weighted by molar-refractivity contribution is 5.88. The van der Waals surface area contributed by atoms with Crippen molar-refractivity contribution >= 4 is 11.7 Å². The third kappa shape index (κ3) is 4.04. The van der Waals surface area contributed by atoms with Gasteiger partial charge in [-0.25, -0.2) is 4.79 Å². The molecule has 1 aromatic rings. The molecule has 0 atom stereocenters. The number of nitro groups is 1. The van der Waals surface area contributed by atoms with Crippen molar-refractivity contribution in [2.45, 2.75) is 20.0 Å². The number of alkyl halides is 3. The van der Waals surface area contributed by atoms with Gasteiger partial charge in [0.1, 0.15) is 0 Å². The van der Waals surface area contributed by atoms with Crippen LogP contribution in [0.5, 0.6) is 0 Å². The summed E-state index contributed by atoms with van der Waals surface area (Å²) in [4.78, 5) is 19.7. The molecule has 0 saturated heterocycles. The number of rotatable bonds is 2. The van der Waals surface area contributed by atoms with Gasteiger partial charge in [-0.05, 0) is 6.07 Å². The molecule has 18 heavy (non-hydrogen) atoms. The van der Waals surface area contributed by atoms with Gasteiger partial charge in [-0.3, -0.25) is 10.1 Å². The topological polar surface area (TPSA) is 80.4 Å². The van der Waals surface area contributed by atoms with Crippen molar-refractivity contribution in [3.05, 3.63) is 39.4 Å². The molecule has 0 aromatic heterocycles. The number of non-ortho nitro benzene ring substituents is 1. The van der Waals surface area contributed by atoms with E-state index < -0.39 is 33.9 Å². The van der Waals surface area contributed by atoms with E-state index in [2.05, 4.69) is 0 Å². The number of nitro benzene ring substituents is 1. The van der Waals surface area contributed by atoms with E-state index in [1.807, 2.05) is 13.8 Å². The van der Waals surface area contributed by atoms with Gasteiger partial charge in [-0.1, -0.05) is 13.8 Å². The van der Waals surface area contributed by atoms with E-state index in [9.17, 15) is 28.1 Å². The van der Waals surface area contributed by atoms with Gasteiger partial charge in [0.2, 0.25) is 0 Å². The van der Waals surface area contributed by atoms with Crippen LogP contribution in [0.2, 0.25) is 0 Å². The summed E-state index contributed by atoms with van der Waals surface area (Å²) < 4.78 is 36.8. The Hall–Kier alpha value is -2.12. The SMILES string of the molecule is CC.O=C(O)c1cc([N+](=O)[O-])cc(C(F)(F)F)c1. The second-order valence-electron chi connectivity index (χ2n) is 2.83. The third-order valence-electron chi connectivity index (χ3n) is 1.70. The Morgan fingerprint density at radius 3 is 2.11 bits per heavy atom. The largest absolute Gasteiger partial charge is 0.478 e. The first-order valence-corrected chi connectivity index (χ1v) is 4.82. The molecule has 0 fully saturated rings. The minimum absolute atomic E-state index is 0.284. The zero-order chi connectivity index (χ0) is 14.5. The lowest BCUT2D eigenvalue weighted by atomic mass is 10.1. The molecule has 0 unspecified atom stereocenters. The lowest BCUT2D eigenvalue weighted by Gasteiger charge is -2.06. The van der Waals surface area contributed by atoms with Crippen LogP contribution in [0.25, 0.3) is 0 Å². The summed E-state index contributed by atoms with van der Waals surface area (Å²) in [6.07, 6.45) is -4.82. The first-order valence-electron chi connectivity index (χ1n) is 4.82. The maximum Gasteiger partial charge on any atom is 0.416 e. The highest BCUT2D eigenvalue weighted by Gasteiger charge is 2.33. The summed E-state index contributed by atoms with van der Waals surface area (Å²) in [6, 6.07) is 1.19. The van der Waals surface area contributed by atoms with E-state index in [-0.39, 0.29) is 6.07 Å². The van der Waals surface area contributed by atoms with Crippen LogP contribution < -0.4 is 0 Å². The van der Waals surface area contributed by atoms with E-state index in [1.54, 1.807) is 0 Å². The van der Waals surface area contributed by atoms with E-state index in [1.165, 1.54) is 0 Å². The molecular weight excluding hydrogens is 255 g/mol. The third-order valence-corrected chi connectivity index (χ3v) is 1.70. The van der Waals surface area contributed by atoms with Crippen molar-refractivity contribution in [3.63, 3.8) is 0 Å². The highest BCUT2D eigenvalue weighted by Crippen LogP contribution is 2.32. The Kier molecular flexibility index (Phi) is 5.28. The first-order chi connectivity index (χ1) is 8.21. The molecule has 1 N–H and O–H groups in total. The molecule has 0 radical (unpaired) electrons. The van der Waals surface area contributed by atoms with Gasteiger partial charge in [0.05, 0.1) is 16.1 Å². The van der Waals surface area contributed by atoms with Crippen molar-refractivity contribution in [1.82, 2.24) is 0 Å². The van der Waals surface area contributed by atoms with Gasteiger partial charge >= 0.3 is 12.1 Å². The zero-order valence-electron chi connectivity index (χ0n) is 9.49. The van der Waals surface area contributed by atoms with Crippen LogP contribution in [0, 0.1) is 10.1 Å². The van der Waals surface area contributed by atoms with Gasteiger partial charge < -0.3 is 5.11 Å². The number of hydrogen-bond acceptors (Lipinski definition) is 3. The van der Waals surface area contributed by atoms with E-state index in [4.69, 9.17) is 5.11 Å². The fourth-order valence-corrected chi connectivity index (χ4v) is 1.00. The Bertz CT molecular complexity index is 425. The quantitative estimate of drug-likeness (QED) is 0.656. The number of benzene rings is 1. The molecule has 0 aliphatic heterocycles. The van der Waals surface area contributed by atoms with Gasteiger partial charge in [-0.15, -0.1) is 0 Å². The fraction of sp³-hybridized carbons (Fsp3) is 0.300. The average molecular weight is 265 g/mol. The Morgan fingerprint density at radius 1 is 1.28 bits per heavy atom. The van der Waals surface area contributed by atoms with Crippen LogP contribution in [0.1, 0.15) is 29.8 Å². The number of carboxylic acids is 1. The van der Waals surface area contributed by atoms with E-state index in [0.29, 0.717) is 12.1 Å². The summed E-state index contributed by atoms with van der Waals surface area (Å²) in [5.41, 5.74) is -3.05. The number of carbonyl (C=O) groups is 1. The van der Waals surface area contributed by atoms with Crippen molar-refractivity contribution < 1.29 is 28.0 Å². The van der Waals surface area contributed by atoms with Crippen LogP contribution in [0.15, 0.2) is 18.2 Å². The smallest absolute Gasteiger partial charge is 0.416 e. The summed E-state index contributed by atoms with van der Waals surface area (Å²) >= 11 is 0. The lowest BCUT2D eigenvalue weighted by molar-refractivity contribution is -0.385. The van der Waals surface area contributed by atoms with Crippen molar-refractivity contribution in [2.75, 3.05) is 0 Å². The lowest BCUT2D eigenvalue weighted by Crippen LogP contribution is -2.08. The maximum atomic E-state index is 12.3. The maximum absolute atomic E-state index is 12.3. The van der Waals surface area contributed by atoms with Crippen LogP contribution in [-0.4, -0.2) is 16.0 Å². The Morgan fingerprint density at radius 2 is 1.78 bits per heavy atom. The summed E-state index contributed by atoms with van der Waals surface area (Å²) in [5, 5.41) is 18.8. The minimum Gasteiger partial charge on any atom is -0.478 e. The first kappa shape index (κ1) is 15.9. The predicted molar refractivity (Wildman–Crippen MR) is 56.4 cm³/mol. The minimum atomic E-state index is -4.82. The molecule has 0 amide bonds. The van der Waals surface area contributed by atoms with E-state index >= 15 is 0 Å². The fourth-order valence-electron chi connectivity index (χ4n) is 1.00. The van der Waals surface area contributed by atoms with Gasteiger partial charge in [0.25, 0.3) is 5.69 Å². The Labute approximate surface area is 100 Å². The van der Waals surface area contributed by atoms with Crippen molar-refractivity contribution in [1.29, 1.82) is 0 Å². The molecule has 0 aliphatic carbocycles. The van der Waals surface area contributed by atoms with Crippen LogP contribution in [-0.2, 0) is 6.18 Å². The molecular formula is C10H10F3NO4. The molecule has 1 aromatic carbocycles. The second-order valence-corrected chi connectivity index (χ2v) is 2.83. The van der Waals surface area contributed by atoms with E-state index in [0.717, 1.165) is 0 Å². The van der Waals surface area contributed by atoms with Crippen molar-refractivity contribution in [2.24, 2.45) is 0 Å². The summed E-state index contributed by atoms with van der Waals surface area (Å²) in [7, 11) is 0. The molecule has 0 aliphatic rings. The number of carboxylic acid groups (broad SMARTS) is 1.